The number of unbranched alkanes of at least 4 members (excludes halogenated alkanes) is 10. The number of amides is 2. The molecule has 0 saturated heterocycles. The van der Waals surface area contributed by atoms with Crippen LogP contribution in [-0.2, 0) is 52.9 Å². The number of aryl methyl sites for hydroxylation is 2. The number of hydrogen-bond acceptors (Lipinski definition) is 6. The third kappa shape index (κ3) is 16.1. The molecule has 0 aliphatic carbocycles. The molecule has 2 aromatic carbocycles. The SMILES string of the molecule is CCCCCCCCc1ccc(C(C)(NC(C)=O)OC(=O)CCCC(=O)OC(C)(NC(C)=O)c2ccc(CCCCCCCC)cc2)cc1. The third-order valence-electron chi connectivity index (χ3n) is 8.87. The van der Waals surface area contributed by atoms with E-state index in [0.29, 0.717) is 11.1 Å². The number of nitrogens with one attached hydrogen (secondary N) is 2. The number of rotatable bonds is 24. The lowest BCUT2D eigenvalue weighted by Gasteiger charge is -2.31. The van der Waals surface area contributed by atoms with E-state index in [-0.39, 0.29) is 31.1 Å². The van der Waals surface area contributed by atoms with Gasteiger partial charge in [0.15, 0.2) is 0 Å². The highest BCUT2D eigenvalue weighted by Gasteiger charge is 2.34. The second-order valence-electron chi connectivity index (χ2n) is 13.7. The van der Waals surface area contributed by atoms with Gasteiger partial charge in [0.1, 0.15) is 0 Å². The van der Waals surface area contributed by atoms with Gasteiger partial charge in [0.25, 0.3) is 0 Å². The smallest absolute Gasteiger partial charge is 0.308 e. The molecule has 2 amide bonds. The van der Waals surface area contributed by atoms with Crippen molar-refractivity contribution in [2.24, 2.45) is 0 Å². The Labute approximate surface area is 295 Å². The van der Waals surface area contributed by atoms with Gasteiger partial charge in [0, 0.05) is 37.8 Å². The summed E-state index contributed by atoms with van der Waals surface area (Å²) in [7, 11) is 0. The van der Waals surface area contributed by atoms with Gasteiger partial charge in [0.2, 0.25) is 23.3 Å². The lowest BCUT2D eigenvalue weighted by molar-refractivity contribution is -0.166. The van der Waals surface area contributed by atoms with Crippen molar-refractivity contribution in [1.29, 1.82) is 0 Å². The summed E-state index contributed by atoms with van der Waals surface area (Å²) >= 11 is 0. The Bertz CT molecular complexity index is 1190. The highest BCUT2D eigenvalue weighted by Crippen LogP contribution is 2.27. The number of carbonyl (C=O) groups excluding carboxylic acids is 4. The van der Waals surface area contributed by atoms with Gasteiger partial charge < -0.3 is 20.1 Å². The Morgan fingerprint density at radius 3 is 1.16 bits per heavy atom. The van der Waals surface area contributed by atoms with E-state index in [1.165, 1.54) is 89.2 Å². The zero-order valence-electron chi connectivity index (χ0n) is 31.1. The van der Waals surface area contributed by atoms with Gasteiger partial charge in [-0.15, -0.1) is 0 Å². The molecule has 0 saturated carbocycles. The van der Waals surface area contributed by atoms with Crippen LogP contribution >= 0.6 is 0 Å². The average Bonchev–Trinajstić information content (AvgIpc) is 3.04. The van der Waals surface area contributed by atoms with Crippen molar-refractivity contribution < 1.29 is 28.7 Å². The van der Waals surface area contributed by atoms with Crippen molar-refractivity contribution in [1.82, 2.24) is 10.6 Å². The van der Waals surface area contributed by atoms with Gasteiger partial charge in [-0.3, -0.25) is 19.2 Å². The lowest BCUT2D eigenvalue weighted by Crippen LogP contribution is -2.46. The molecule has 49 heavy (non-hydrogen) atoms. The Morgan fingerprint density at radius 2 is 0.837 bits per heavy atom. The largest absolute Gasteiger partial charge is 0.435 e. The second kappa shape index (κ2) is 22.1. The van der Waals surface area contributed by atoms with Crippen LogP contribution in [0.3, 0.4) is 0 Å². The highest BCUT2D eigenvalue weighted by atomic mass is 16.6. The fourth-order valence-electron chi connectivity index (χ4n) is 6.12. The molecular formula is C41H62N2O6. The molecule has 0 fully saturated rings. The summed E-state index contributed by atoms with van der Waals surface area (Å²) in [5.41, 5.74) is 1.01. The zero-order valence-corrected chi connectivity index (χ0v) is 31.1. The number of esters is 2. The molecule has 2 N–H and O–H groups in total. The van der Waals surface area contributed by atoms with Crippen molar-refractivity contribution in [2.45, 2.75) is 162 Å². The fraction of sp³-hybridized carbons (Fsp3) is 0.610. The predicted octanol–water partition coefficient (Wildman–Crippen LogP) is 9.07. The van der Waals surface area contributed by atoms with Gasteiger partial charge in [-0.2, -0.15) is 0 Å². The molecule has 0 heterocycles. The molecule has 0 bridgehead atoms. The maximum Gasteiger partial charge on any atom is 0.308 e. The predicted molar refractivity (Wildman–Crippen MR) is 195 cm³/mol. The Kier molecular flexibility index (Phi) is 18.7. The van der Waals surface area contributed by atoms with E-state index in [1.807, 2.05) is 48.5 Å². The lowest BCUT2D eigenvalue weighted by atomic mass is 9.99. The minimum Gasteiger partial charge on any atom is -0.435 e. The minimum absolute atomic E-state index is 0.0512. The summed E-state index contributed by atoms with van der Waals surface area (Å²) in [5, 5.41) is 5.55. The summed E-state index contributed by atoms with van der Waals surface area (Å²) in [6.45, 7) is 10.5. The van der Waals surface area contributed by atoms with E-state index < -0.39 is 23.4 Å². The van der Waals surface area contributed by atoms with Crippen molar-refractivity contribution in [3.05, 3.63) is 70.8 Å². The van der Waals surface area contributed by atoms with E-state index in [2.05, 4.69) is 24.5 Å². The van der Waals surface area contributed by atoms with E-state index in [4.69, 9.17) is 9.47 Å². The van der Waals surface area contributed by atoms with Crippen molar-refractivity contribution in [3.8, 4) is 0 Å². The fourth-order valence-corrected chi connectivity index (χ4v) is 6.12. The van der Waals surface area contributed by atoms with Crippen LogP contribution in [-0.4, -0.2) is 23.8 Å². The minimum atomic E-state index is -1.35. The molecule has 0 radical (unpaired) electrons. The van der Waals surface area contributed by atoms with Crippen LogP contribution in [0.25, 0.3) is 0 Å². The number of hydrogen-bond donors (Lipinski definition) is 2. The third-order valence-corrected chi connectivity index (χ3v) is 8.87. The molecule has 2 unspecified atom stereocenters. The summed E-state index contributed by atoms with van der Waals surface area (Å²) in [5.74, 6) is -1.76. The van der Waals surface area contributed by atoms with Crippen molar-refractivity contribution in [2.75, 3.05) is 0 Å². The summed E-state index contributed by atoms with van der Waals surface area (Å²) in [6, 6.07) is 15.6. The van der Waals surface area contributed by atoms with Crippen LogP contribution in [0.5, 0.6) is 0 Å². The van der Waals surface area contributed by atoms with Gasteiger partial charge >= 0.3 is 11.9 Å². The Balaban J connectivity index is 1.93. The molecule has 2 atom stereocenters. The van der Waals surface area contributed by atoms with Crippen LogP contribution in [0.1, 0.15) is 160 Å². The van der Waals surface area contributed by atoms with E-state index in [1.54, 1.807) is 13.8 Å². The second-order valence-corrected chi connectivity index (χ2v) is 13.7. The van der Waals surface area contributed by atoms with E-state index >= 15 is 0 Å². The molecule has 2 rings (SSSR count). The van der Waals surface area contributed by atoms with Crippen LogP contribution in [0.2, 0.25) is 0 Å². The standard InChI is InChI=1S/C41H62N2O6/c1-7-9-11-13-15-17-20-34-24-28-36(29-25-34)40(5,42-32(3)44)48-38(46)22-19-23-39(47)49-41(6,43-33(4)45)37-30-26-35(27-31-37)21-18-16-14-12-10-8-2/h24-31H,7-23H2,1-6H3,(H,42,44)(H,43,45). The monoisotopic (exact) mass is 678 g/mol. The Morgan fingerprint density at radius 1 is 0.510 bits per heavy atom. The average molecular weight is 679 g/mol. The van der Waals surface area contributed by atoms with Gasteiger partial charge in [-0.1, -0.05) is 127 Å². The topological polar surface area (TPSA) is 111 Å². The van der Waals surface area contributed by atoms with E-state index in [0.717, 1.165) is 25.7 Å². The van der Waals surface area contributed by atoms with Gasteiger partial charge in [-0.25, -0.2) is 0 Å². The molecule has 8 heteroatoms. The first kappa shape index (κ1) is 41.5. The number of ether oxygens (including phenoxy) is 2. The molecule has 0 spiro atoms. The molecule has 2 aromatic rings. The van der Waals surface area contributed by atoms with Crippen LogP contribution in [0, 0.1) is 0 Å². The first-order valence-electron chi connectivity index (χ1n) is 18.6. The molecule has 272 valence electrons. The maximum atomic E-state index is 13.0. The summed E-state index contributed by atoms with van der Waals surface area (Å²) in [6.07, 6.45) is 16.8. The quantitative estimate of drug-likeness (QED) is 0.0651. The number of benzene rings is 2. The first-order valence-corrected chi connectivity index (χ1v) is 18.6. The first-order chi connectivity index (χ1) is 23.4. The van der Waals surface area contributed by atoms with Gasteiger partial charge in [0.05, 0.1) is 0 Å². The number of carbonyl (C=O) groups is 4. The molecule has 0 aromatic heterocycles. The van der Waals surface area contributed by atoms with Crippen LogP contribution < -0.4 is 10.6 Å². The van der Waals surface area contributed by atoms with Crippen LogP contribution in [0.4, 0.5) is 0 Å². The molecule has 0 aliphatic rings. The van der Waals surface area contributed by atoms with Crippen LogP contribution in [0.15, 0.2) is 48.5 Å². The van der Waals surface area contributed by atoms with Gasteiger partial charge in [-0.05, 0) is 57.1 Å². The van der Waals surface area contributed by atoms with E-state index in [9.17, 15) is 19.2 Å². The molecule has 0 aliphatic heterocycles. The highest BCUT2D eigenvalue weighted by molar-refractivity contribution is 5.77. The summed E-state index contributed by atoms with van der Waals surface area (Å²) < 4.78 is 11.6. The van der Waals surface area contributed by atoms with Crippen molar-refractivity contribution >= 4 is 23.8 Å². The normalized spacial score (nSPS) is 13.5. The molecular weight excluding hydrogens is 616 g/mol. The van der Waals surface area contributed by atoms with Crippen molar-refractivity contribution in [3.63, 3.8) is 0 Å². The Hall–Kier alpha value is -3.68. The molecule has 8 nitrogen and oxygen atoms in total. The summed E-state index contributed by atoms with van der Waals surface area (Å²) in [4.78, 5) is 50.1. The maximum absolute atomic E-state index is 13.0. The zero-order chi connectivity index (χ0) is 36.1.